The summed E-state index contributed by atoms with van der Waals surface area (Å²) < 4.78 is 13.8. The van der Waals surface area contributed by atoms with Crippen molar-refractivity contribution in [3.63, 3.8) is 0 Å². The van der Waals surface area contributed by atoms with Gasteiger partial charge in [0.25, 0.3) is 0 Å². The van der Waals surface area contributed by atoms with Gasteiger partial charge in [-0.1, -0.05) is 13.3 Å². The summed E-state index contributed by atoms with van der Waals surface area (Å²) in [7, 11) is 0. The fraction of sp³-hybridized carbons (Fsp3) is 0.533. The highest BCUT2D eigenvalue weighted by molar-refractivity contribution is 14.1. The summed E-state index contributed by atoms with van der Waals surface area (Å²) in [4.78, 5) is 12.7. The summed E-state index contributed by atoms with van der Waals surface area (Å²) in [6, 6.07) is 4.45. The van der Waals surface area contributed by atoms with Crippen molar-refractivity contribution in [1.29, 1.82) is 0 Å². The van der Waals surface area contributed by atoms with Gasteiger partial charge < -0.3 is 10.6 Å². The zero-order chi connectivity index (χ0) is 14.6. The van der Waals surface area contributed by atoms with Crippen molar-refractivity contribution in [3.8, 4) is 0 Å². The van der Waals surface area contributed by atoms with Crippen LogP contribution in [0.5, 0.6) is 0 Å². The molecule has 1 heterocycles. The maximum atomic E-state index is 13.1. The molecule has 0 aromatic heterocycles. The van der Waals surface area contributed by atoms with Crippen LogP contribution in [0.1, 0.15) is 32.6 Å². The second-order valence-corrected chi connectivity index (χ2v) is 6.52. The first-order valence-electron chi connectivity index (χ1n) is 7.04. The SMILES string of the molecule is CCCC1(C(=O)Nc2ccc(F)cc2I)CCNCC1. The normalized spacial score (nSPS) is 17.8. The van der Waals surface area contributed by atoms with Gasteiger partial charge in [-0.15, -0.1) is 0 Å². The van der Waals surface area contributed by atoms with Crippen LogP contribution in [-0.4, -0.2) is 19.0 Å². The summed E-state index contributed by atoms with van der Waals surface area (Å²) in [6.45, 7) is 3.88. The minimum atomic E-state index is -0.280. The molecule has 3 nitrogen and oxygen atoms in total. The van der Waals surface area contributed by atoms with Crippen LogP contribution >= 0.6 is 22.6 Å². The van der Waals surface area contributed by atoms with E-state index in [0.29, 0.717) is 5.69 Å². The smallest absolute Gasteiger partial charge is 0.230 e. The van der Waals surface area contributed by atoms with Crippen LogP contribution in [0.2, 0.25) is 0 Å². The maximum absolute atomic E-state index is 13.1. The van der Waals surface area contributed by atoms with Crippen molar-refractivity contribution in [2.24, 2.45) is 5.41 Å². The summed E-state index contributed by atoms with van der Waals surface area (Å²) >= 11 is 2.05. The fourth-order valence-electron chi connectivity index (χ4n) is 2.82. The van der Waals surface area contributed by atoms with Crippen LogP contribution in [0.25, 0.3) is 0 Å². The first kappa shape index (κ1) is 15.7. The third-order valence-electron chi connectivity index (χ3n) is 3.95. The van der Waals surface area contributed by atoms with E-state index < -0.39 is 0 Å². The quantitative estimate of drug-likeness (QED) is 0.773. The summed E-state index contributed by atoms with van der Waals surface area (Å²) in [5.41, 5.74) is 0.420. The first-order chi connectivity index (χ1) is 9.57. The molecule has 0 aliphatic carbocycles. The standard InChI is InChI=1S/C15H20FIN2O/c1-2-5-15(6-8-18-9-7-15)14(20)19-13-4-3-11(16)10-12(13)17/h3-4,10,18H,2,5-9H2,1H3,(H,19,20). The number of hydrogen-bond acceptors (Lipinski definition) is 2. The van der Waals surface area contributed by atoms with E-state index in [1.54, 1.807) is 6.07 Å². The molecule has 0 saturated carbocycles. The molecule has 110 valence electrons. The summed E-state index contributed by atoms with van der Waals surface area (Å²) in [6.07, 6.45) is 3.63. The van der Waals surface area contributed by atoms with E-state index in [0.717, 1.165) is 42.3 Å². The van der Waals surface area contributed by atoms with Gasteiger partial charge in [0.1, 0.15) is 5.82 Å². The van der Waals surface area contributed by atoms with E-state index in [-0.39, 0.29) is 17.1 Å². The molecule has 0 radical (unpaired) electrons. The lowest BCUT2D eigenvalue weighted by atomic mass is 9.74. The van der Waals surface area contributed by atoms with E-state index in [1.807, 2.05) is 22.6 Å². The average molecular weight is 390 g/mol. The topological polar surface area (TPSA) is 41.1 Å². The van der Waals surface area contributed by atoms with Gasteiger partial charge in [0.2, 0.25) is 5.91 Å². The van der Waals surface area contributed by atoms with E-state index in [9.17, 15) is 9.18 Å². The molecule has 1 aliphatic heterocycles. The van der Waals surface area contributed by atoms with Crippen LogP contribution in [-0.2, 0) is 4.79 Å². The summed E-state index contributed by atoms with van der Waals surface area (Å²) in [5, 5.41) is 6.30. The monoisotopic (exact) mass is 390 g/mol. The number of halogens is 2. The zero-order valence-corrected chi connectivity index (χ0v) is 13.8. The lowest BCUT2D eigenvalue weighted by Crippen LogP contribution is -2.45. The van der Waals surface area contributed by atoms with Crippen molar-refractivity contribution >= 4 is 34.2 Å². The lowest BCUT2D eigenvalue weighted by molar-refractivity contribution is -0.127. The highest BCUT2D eigenvalue weighted by Crippen LogP contribution is 2.35. The van der Waals surface area contributed by atoms with Crippen molar-refractivity contribution in [2.45, 2.75) is 32.6 Å². The van der Waals surface area contributed by atoms with Crippen molar-refractivity contribution in [1.82, 2.24) is 5.32 Å². The van der Waals surface area contributed by atoms with Gasteiger partial charge in [-0.3, -0.25) is 4.79 Å². The highest BCUT2D eigenvalue weighted by atomic mass is 127. The molecule has 0 bridgehead atoms. The second kappa shape index (κ2) is 6.85. The molecule has 1 fully saturated rings. The molecule has 1 aromatic carbocycles. The van der Waals surface area contributed by atoms with Crippen molar-refractivity contribution < 1.29 is 9.18 Å². The number of benzene rings is 1. The predicted molar refractivity (Wildman–Crippen MR) is 87.2 cm³/mol. The van der Waals surface area contributed by atoms with Crippen LogP contribution in [0.4, 0.5) is 10.1 Å². The van der Waals surface area contributed by atoms with E-state index in [1.165, 1.54) is 12.1 Å². The van der Waals surface area contributed by atoms with Gasteiger partial charge in [-0.05, 0) is 73.1 Å². The number of carbonyl (C=O) groups excluding carboxylic acids is 1. The van der Waals surface area contributed by atoms with Gasteiger partial charge in [0, 0.05) is 3.57 Å². The Morgan fingerprint density at radius 3 is 2.75 bits per heavy atom. The predicted octanol–water partition coefficient (Wildman–Crippen LogP) is 3.54. The van der Waals surface area contributed by atoms with Crippen molar-refractivity contribution in [3.05, 3.63) is 27.6 Å². The third kappa shape index (κ3) is 3.49. The largest absolute Gasteiger partial charge is 0.325 e. The molecule has 1 saturated heterocycles. The lowest BCUT2D eigenvalue weighted by Gasteiger charge is -2.36. The van der Waals surface area contributed by atoms with Gasteiger partial charge in [-0.25, -0.2) is 4.39 Å². The number of hydrogen-bond donors (Lipinski definition) is 2. The molecule has 0 unspecified atom stereocenters. The summed E-state index contributed by atoms with van der Waals surface area (Å²) in [5.74, 6) is -0.206. The molecule has 20 heavy (non-hydrogen) atoms. The number of anilines is 1. The Kier molecular flexibility index (Phi) is 5.37. The number of nitrogens with one attached hydrogen (secondary N) is 2. The number of amides is 1. The van der Waals surface area contributed by atoms with Crippen LogP contribution in [0, 0.1) is 14.8 Å². The fourth-order valence-corrected chi connectivity index (χ4v) is 3.43. The Morgan fingerprint density at radius 2 is 2.15 bits per heavy atom. The Balaban J connectivity index is 2.15. The molecule has 0 atom stereocenters. The molecule has 2 rings (SSSR count). The Labute approximate surface area is 132 Å². The molecule has 2 N–H and O–H groups in total. The Bertz CT molecular complexity index is 481. The molecular weight excluding hydrogens is 370 g/mol. The van der Waals surface area contributed by atoms with Gasteiger partial charge in [0.05, 0.1) is 11.1 Å². The number of rotatable bonds is 4. The molecule has 1 amide bonds. The highest BCUT2D eigenvalue weighted by Gasteiger charge is 2.38. The third-order valence-corrected chi connectivity index (χ3v) is 4.84. The Morgan fingerprint density at radius 1 is 1.45 bits per heavy atom. The minimum Gasteiger partial charge on any atom is -0.325 e. The minimum absolute atomic E-state index is 0.0744. The van der Waals surface area contributed by atoms with E-state index in [2.05, 4.69) is 17.6 Å². The molecule has 1 aromatic rings. The van der Waals surface area contributed by atoms with Gasteiger partial charge in [0.15, 0.2) is 0 Å². The average Bonchev–Trinajstić information content (AvgIpc) is 2.43. The Hall–Kier alpha value is -0.690. The molecule has 0 spiro atoms. The van der Waals surface area contributed by atoms with Crippen LogP contribution in [0.3, 0.4) is 0 Å². The van der Waals surface area contributed by atoms with Crippen LogP contribution in [0.15, 0.2) is 18.2 Å². The molecular formula is C15H20FIN2O. The second-order valence-electron chi connectivity index (χ2n) is 5.36. The number of piperidine rings is 1. The number of carbonyl (C=O) groups is 1. The van der Waals surface area contributed by atoms with Gasteiger partial charge >= 0.3 is 0 Å². The van der Waals surface area contributed by atoms with Crippen molar-refractivity contribution in [2.75, 3.05) is 18.4 Å². The van der Waals surface area contributed by atoms with Crippen LogP contribution < -0.4 is 10.6 Å². The van der Waals surface area contributed by atoms with Gasteiger partial charge in [-0.2, -0.15) is 0 Å². The van der Waals surface area contributed by atoms with E-state index in [4.69, 9.17) is 0 Å². The molecule has 1 aliphatic rings. The maximum Gasteiger partial charge on any atom is 0.230 e. The first-order valence-corrected chi connectivity index (χ1v) is 8.12. The molecule has 5 heteroatoms. The van der Waals surface area contributed by atoms with E-state index >= 15 is 0 Å². The zero-order valence-electron chi connectivity index (χ0n) is 11.6.